The maximum atomic E-state index is 11.3. The van der Waals surface area contributed by atoms with Crippen LogP contribution in [-0.4, -0.2) is 11.9 Å². The molecule has 1 aromatic heterocycles. The molecule has 1 aromatic rings. The molecule has 2 atom stereocenters. The molecule has 0 bridgehead atoms. The molecule has 14 heavy (non-hydrogen) atoms. The Bertz CT molecular complexity index is 348. The summed E-state index contributed by atoms with van der Waals surface area (Å²) < 4.78 is 0. The Kier molecular flexibility index (Phi) is 2.56. The van der Waals surface area contributed by atoms with Gasteiger partial charge < -0.3 is 11.1 Å². The second-order valence-corrected chi connectivity index (χ2v) is 4.66. The molecular formula is C10H14N2OS. The first kappa shape index (κ1) is 9.68. The molecule has 2 rings (SSSR count). The van der Waals surface area contributed by atoms with Gasteiger partial charge in [0.05, 0.1) is 6.04 Å². The van der Waals surface area contributed by atoms with Crippen LogP contribution in [0.1, 0.15) is 29.3 Å². The fourth-order valence-electron chi connectivity index (χ4n) is 1.78. The van der Waals surface area contributed by atoms with E-state index in [0.29, 0.717) is 6.42 Å². The summed E-state index contributed by atoms with van der Waals surface area (Å²) in [4.78, 5) is 12.5. The summed E-state index contributed by atoms with van der Waals surface area (Å²) in [6.07, 6.45) is 1.34. The zero-order valence-electron chi connectivity index (χ0n) is 8.12. The maximum absolute atomic E-state index is 11.3. The topological polar surface area (TPSA) is 55.1 Å². The molecule has 1 saturated heterocycles. The van der Waals surface area contributed by atoms with E-state index in [1.54, 1.807) is 11.3 Å². The summed E-state index contributed by atoms with van der Waals surface area (Å²) in [5.41, 5.74) is 7.21. The third kappa shape index (κ3) is 1.67. The van der Waals surface area contributed by atoms with Crippen LogP contribution in [0, 0.1) is 6.92 Å². The number of carbonyl (C=O) groups is 1. The van der Waals surface area contributed by atoms with Crippen LogP contribution in [0.25, 0.3) is 0 Å². The molecule has 0 radical (unpaired) electrons. The first-order valence-electron chi connectivity index (χ1n) is 4.77. The van der Waals surface area contributed by atoms with Crippen LogP contribution in [0.5, 0.6) is 0 Å². The highest BCUT2D eigenvalue weighted by molar-refractivity contribution is 7.10. The largest absolute Gasteiger partial charge is 0.347 e. The molecule has 1 amide bonds. The van der Waals surface area contributed by atoms with Gasteiger partial charge >= 0.3 is 0 Å². The normalized spacial score (nSPS) is 27.4. The zero-order valence-corrected chi connectivity index (χ0v) is 8.93. The van der Waals surface area contributed by atoms with E-state index in [4.69, 9.17) is 5.73 Å². The molecule has 4 heteroatoms. The van der Waals surface area contributed by atoms with E-state index in [2.05, 4.69) is 18.3 Å². The Labute approximate surface area is 87.3 Å². The first-order valence-corrected chi connectivity index (χ1v) is 5.65. The number of piperidine rings is 1. The molecule has 1 aliphatic rings. The highest BCUT2D eigenvalue weighted by Gasteiger charge is 2.28. The summed E-state index contributed by atoms with van der Waals surface area (Å²) in [6.45, 7) is 2.05. The number of hydrogen-bond donors (Lipinski definition) is 2. The average molecular weight is 210 g/mol. The predicted molar refractivity (Wildman–Crippen MR) is 57.1 cm³/mol. The van der Waals surface area contributed by atoms with Crippen molar-refractivity contribution >= 4 is 17.2 Å². The summed E-state index contributed by atoms with van der Waals surface area (Å²) in [5, 5.41) is 5.00. The minimum absolute atomic E-state index is 0.0243. The van der Waals surface area contributed by atoms with Crippen molar-refractivity contribution in [1.82, 2.24) is 5.32 Å². The zero-order chi connectivity index (χ0) is 10.1. The molecule has 0 aromatic carbocycles. The van der Waals surface area contributed by atoms with Crippen LogP contribution < -0.4 is 11.1 Å². The Morgan fingerprint density at radius 2 is 2.43 bits per heavy atom. The highest BCUT2D eigenvalue weighted by Crippen LogP contribution is 2.29. The van der Waals surface area contributed by atoms with E-state index >= 15 is 0 Å². The van der Waals surface area contributed by atoms with Crippen molar-refractivity contribution in [3.05, 3.63) is 21.9 Å². The lowest BCUT2D eigenvalue weighted by atomic mass is 9.96. The molecule has 2 heterocycles. The minimum atomic E-state index is 0.0243. The molecule has 2 unspecified atom stereocenters. The van der Waals surface area contributed by atoms with Gasteiger partial charge in [-0.3, -0.25) is 4.79 Å². The van der Waals surface area contributed by atoms with Crippen LogP contribution in [0.2, 0.25) is 0 Å². The van der Waals surface area contributed by atoms with Gasteiger partial charge in [-0.25, -0.2) is 0 Å². The van der Waals surface area contributed by atoms with Crippen molar-refractivity contribution in [3.63, 3.8) is 0 Å². The molecule has 76 valence electrons. The molecule has 1 aliphatic heterocycles. The Morgan fingerprint density at radius 3 is 3.07 bits per heavy atom. The van der Waals surface area contributed by atoms with Gasteiger partial charge in [0.2, 0.25) is 5.91 Å². The van der Waals surface area contributed by atoms with Crippen molar-refractivity contribution in [2.45, 2.75) is 31.8 Å². The molecule has 0 spiro atoms. The number of hydrogen-bond acceptors (Lipinski definition) is 3. The third-order valence-electron chi connectivity index (χ3n) is 2.63. The lowest BCUT2D eigenvalue weighted by molar-refractivity contribution is -0.123. The standard InChI is InChI=1S/C10H14N2OS/c1-6-4-5-14-10(6)9-7(11)2-3-8(13)12-9/h4-5,7,9H,2-3,11H2,1H3,(H,12,13). The first-order chi connectivity index (χ1) is 6.68. The lowest BCUT2D eigenvalue weighted by Crippen LogP contribution is -2.45. The number of aryl methyl sites for hydroxylation is 1. The number of nitrogens with two attached hydrogens (primary N) is 1. The van der Waals surface area contributed by atoms with Gasteiger partial charge in [0.15, 0.2) is 0 Å². The van der Waals surface area contributed by atoms with Crippen molar-refractivity contribution in [2.24, 2.45) is 5.73 Å². The Balaban J connectivity index is 2.24. The van der Waals surface area contributed by atoms with Gasteiger partial charge in [0.1, 0.15) is 0 Å². The van der Waals surface area contributed by atoms with E-state index in [0.717, 1.165) is 6.42 Å². The van der Waals surface area contributed by atoms with E-state index in [-0.39, 0.29) is 18.0 Å². The molecule has 0 aliphatic carbocycles. The maximum Gasteiger partial charge on any atom is 0.220 e. The SMILES string of the molecule is Cc1ccsc1C1NC(=O)CCC1N. The van der Waals surface area contributed by atoms with Crippen molar-refractivity contribution in [1.29, 1.82) is 0 Å². The fraction of sp³-hybridized carbons (Fsp3) is 0.500. The lowest BCUT2D eigenvalue weighted by Gasteiger charge is -2.29. The predicted octanol–water partition coefficient (Wildman–Crippen LogP) is 1.33. The van der Waals surface area contributed by atoms with Gasteiger partial charge in [0.25, 0.3) is 0 Å². The van der Waals surface area contributed by atoms with Crippen LogP contribution in [-0.2, 0) is 4.79 Å². The Hall–Kier alpha value is -0.870. The summed E-state index contributed by atoms with van der Waals surface area (Å²) in [7, 11) is 0. The highest BCUT2D eigenvalue weighted by atomic mass is 32.1. The average Bonchev–Trinajstić information content (AvgIpc) is 2.56. The summed E-state index contributed by atoms with van der Waals surface area (Å²) in [6, 6.07) is 2.15. The van der Waals surface area contributed by atoms with E-state index in [1.165, 1.54) is 10.4 Å². The van der Waals surface area contributed by atoms with Gasteiger partial charge in [-0.15, -0.1) is 11.3 Å². The third-order valence-corrected chi connectivity index (χ3v) is 3.74. The number of carbonyl (C=O) groups excluding carboxylic acids is 1. The van der Waals surface area contributed by atoms with Gasteiger partial charge in [-0.1, -0.05) is 0 Å². The summed E-state index contributed by atoms with van der Waals surface area (Å²) >= 11 is 1.67. The minimum Gasteiger partial charge on any atom is -0.347 e. The van der Waals surface area contributed by atoms with Crippen LogP contribution in [0.15, 0.2) is 11.4 Å². The van der Waals surface area contributed by atoms with Gasteiger partial charge in [-0.2, -0.15) is 0 Å². The quantitative estimate of drug-likeness (QED) is 0.735. The molecular weight excluding hydrogens is 196 g/mol. The monoisotopic (exact) mass is 210 g/mol. The summed E-state index contributed by atoms with van der Waals surface area (Å²) in [5.74, 6) is 0.115. The van der Waals surface area contributed by atoms with Crippen molar-refractivity contribution in [2.75, 3.05) is 0 Å². The second kappa shape index (κ2) is 3.71. The Morgan fingerprint density at radius 1 is 1.64 bits per heavy atom. The second-order valence-electron chi connectivity index (χ2n) is 3.72. The number of amides is 1. The van der Waals surface area contributed by atoms with Crippen molar-refractivity contribution in [3.8, 4) is 0 Å². The number of thiophene rings is 1. The molecule has 3 N–H and O–H groups in total. The molecule has 1 fully saturated rings. The van der Waals surface area contributed by atoms with E-state index < -0.39 is 0 Å². The fourth-order valence-corrected chi connectivity index (χ4v) is 2.83. The van der Waals surface area contributed by atoms with Crippen LogP contribution >= 0.6 is 11.3 Å². The number of rotatable bonds is 1. The van der Waals surface area contributed by atoms with E-state index in [1.807, 2.05) is 5.38 Å². The van der Waals surface area contributed by atoms with Gasteiger partial charge in [-0.05, 0) is 30.4 Å². The van der Waals surface area contributed by atoms with E-state index in [9.17, 15) is 4.79 Å². The smallest absolute Gasteiger partial charge is 0.220 e. The molecule has 3 nitrogen and oxygen atoms in total. The van der Waals surface area contributed by atoms with Crippen LogP contribution in [0.4, 0.5) is 0 Å². The van der Waals surface area contributed by atoms with Crippen LogP contribution in [0.3, 0.4) is 0 Å². The molecule has 0 saturated carbocycles. The van der Waals surface area contributed by atoms with Crippen molar-refractivity contribution < 1.29 is 4.79 Å². The number of nitrogens with one attached hydrogen (secondary N) is 1. The van der Waals surface area contributed by atoms with Gasteiger partial charge in [0, 0.05) is 17.3 Å².